The highest BCUT2D eigenvalue weighted by atomic mass is 16.5. The Bertz CT molecular complexity index is 1230. The summed E-state index contributed by atoms with van der Waals surface area (Å²) in [6.07, 6.45) is 0. The monoisotopic (exact) mass is 456 g/mol. The van der Waals surface area contributed by atoms with Gasteiger partial charge in [0.15, 0.2) is 0 Å². The quantitative estimate of drug-likeness (QED) is 0.464. The van der Waals surface area contributed by atoms with E-state index in [4.69, 9.17) is 9.47 Å². The fourth-order valence-electron chi connectivity index (χ4n) is 4.12. The molecule has 0 saturated carbocycles. The predicted octanol–water partition coefficient (Wildman–Crippen LogP) is 4.61. The molecule has 6 nitrogen and oxygen atoms in total. The molecule has 3 aromatic rings. The zero-order chi connectivity index (χ0) is 24.2. The number of hydrogen-bond donors (Lipinski definition) is 0. The van der Waals surface area contributed by atoms with Crippen LogP contribution in [0.1, 0.15) is 16.7 Å². The van der Waals surface area contributed by atoms with Crippen molar-refractivity contribution in [1.82, 2.24) is 4.90 Å². The van der Waals surface area contributed by atoms with Gasteiger partial charge in [0.1, 0.15) is 23.8 Å². The molecule has 0 radical (unpaired) electrons. The Morgan fingerprint density at radius 2 is 1.53 bits per heavy atom. The summed E-state index contributed by atoms with van der Waals surface area (Å²) in [6.45, 7) is 4.30. The van der Waals surface area contributed by atoms with Crippen LogP contribution in [0.15, 0.2) is 78.5 Å². The van der Waals surface area contributed by atoms with E-state index in [2.05, 4.69) is 0 Å². The molecule has 0 bridgehead atoms. The Balaban J connectivity index is 1.63. The predicted molar refractivity (Wildman–Crippen MR) is 133 cm³/mol. The van der Waals surface area contributed by atoms with Crippen LogP contribution in [0.3, 0.4) is 0 Å². The molecule has 0 N–H and O–H groups in total. The summed E-state index contributed by atoms with van der Waals surface area (Å²) >= 11 is 0. The summed E-state index contributed by atoms with van der Waals surface area (Å²) in [5, 5.41) is 0. The van der Waals surface area contributed by atoms with Gasteiger partial charge in [-0.1, -0.05) is 42.0 Å². The molecule has 3 aromatic carbocycles. The first-order valence-electron chi connectivity index (χ1n) is 11.1. The Morgan fingerprint density at radius 1 is 0.853 bits per heavy atom. The summed E-state index contributed by atoms with van der Waals surface area (Å²) in [6, 6.07) is 22.7. The van der Waals surface area contributed by atoms with Crippen molar-refractivity contribution in [2.75, 3.05) is 32.2 Å². The van der Waals surface area contributed by atoms with E-state index >= 15 is 0 Å². The average Bonchev–Trinajstić information content (AvgIpc) is 3.09. The highest BCUT2D eigenvalue weighted by Crippen LogP contribution is 2.35. The smallest absolute Gasteiger partial charge is 0.278 e. The largest absolute Gasteiger partial charge is 0.497 e. The van der Waals surface area contributed by atoms with Crippen molar-refractivity contribution in [2.45, 2.75) is 13.8 Å². The molecule has 0 unspecified atom stereocenters. The van der Waals surface area contributed by atoms with E-state index < -0.39 is 0 Å². The lowest BCUT2D eigenvalue weighted by molar-refractivity contribution is -0.137. The van der Waals surface area contributed by atoms with Crippen molar-refractivity contribution in [3.05, 3.63) is 95.2 Å². The molecule has 0 atom stereocenters. The molecule has 34 heavy (non-hydrogen) atoms. The number of ether oxygens (including phenoxy) is 2. The molecule has 0 aliphatic carbocycles. The van der Waals surface area contributed by atoms with Crippen LogP contribution in [0.4, 0.5) is 5.69 Å². The van der Waals surface area contributed by atoms with Crippen molar-refractivity contribution in [3.63, 3.8) is 0 Å². The van der Waals surface area contributed by atoms with E-state index in [1.807, 2.05) is 69.4 Å². The Labute approximate surface area is 200 Å². The third kappa shape index (κ3) is 4.53. The van der Waals surface area contributed by atoms with Gasteiger partial charge in [-0.05, 0) is 61.4 Å². The number of para-hydroxylation sites is 1. The molecule has 4 rings (SSSR count). The van der Waals surface area contributed by atoms with Gasteiger partial charge in [0.05, 0.1) is 19.2 Å². The lowest BCUT2D eigenvalue weighted by Crippen LogP contribution is -2.37. The van der Waals surface area contributed by atoms with Crippen LogP contribution in [0.5, 0.6) is 11.5 Å². The number of aryl methyl sites for hydroxylation is 2. The first kappa shape index (κ1) is 23.1. The number of imide groups is 1. The second kappa shape index (κ2) is 9.83. The molecular weight excluding hydrogens is 428 g/mol. The fraction of sp³-hybridized carbons (Fsp3) is 0.214. The Morgan fingerprint density at radius 3 is 2.18 bits per heavy atom. The second-order valence-corrected chi connectivity index (χ2v) is 8.22. The third-order valence-corrected chi connectivity index (χ3v) is 5.92. The highest BCUT2D eigenvalue weighted by Gasteiger charge is 2.41. The van der Waals surface area contributed by atoms with E-state index in [1.54, 1.807) is 36.3 Å². The van der Waals surface area contributed by atoms with Crippen LogP contribution >= 0.6 is 0 Å². The van der Waals surface area contributed by atoms with Crippen molar-refractivity contribution in [1.29, 1.82) is 0 Å². The van der Waals surface area contributed by atoms with E-state index in [-0.39, 0.29) is 25.0 Å². The van der Waals surface area contributed by atoms with E-state index in [0.29, 0.717) is 17.0 Å². The molecule has 0 spiro atoms. The number of carbonyl (C=O) groups is 2. The standard InChI is InChI=1S/C28H28N2O4/c1-19-10-15-24(20(2)18-19)25-26(29(3)21-8-6-5-7-9-21)28(32)30(27(25)31)16-17-34-23-13-11-22(33-4)12-14-23/h5-15,18H,16-17H2,1-4H3. The minimum atomic E-state index is -0.329. The second-order valence-electron chi connectivity index (χ2n) is 8.22. The minimum Gasteiger partial charge on any atom is -0.497 e. The Hall–Kier alpha value is -4.06. The van der Waals surface area contributed by atoms with Crippen molar-refractivity contribution < 1.29 is 19.1 Å². The van der Waals surface area contributed by atoms with Crippen molar-refractivity contribution in [2.24, 2.45) is 0 Å². The van der Waals surface area contributed by atoms with Crippen LogP contribution in [0, 0.1) is 13.8 Å². The van der Waals surface area contributed by atoms with Gasteiger partial charge in [0.2, 0.25) is 0 Å². The molecule has 0 aromatic heterocycles. The molecule has 1 aliphatic rings. The van der Waals surface area contributed by atoms with Crippen LogP contribution in [-0.4, -0.2) is 44.0 Å². The number of amides is 2. The molecule has 1 heterocycles. The van der Waals surface area contributed by atoms with Crippen LogP contribution in [-0.2, 0) is 9.59 Å². The molecule has 1 aliphatic heterocycles. The first-order chi connectivity index (χ1) is 16.4. The zero-order valence-electron chi connectivity index (χ0n) is 19.9. The number of rotatable bonds is 8. The Kier molecular flexibility index (Phi) is 6.68. The van der Waals surface area contributed by atoms with E-state index in [1.165, 1.54) is 4.90 Å². The summed E-state index contributed by atoms with van der Waals surface area (Å²) in [4.78, 5) is 30.2. The van der Waals surface area contributed by atoms with Gasteiger partial charge < -0.3 is 14.4 Å². The minimum absolute atomic E-state index is 0.143. The maximum absolute atomic E-state index is 13.6. The number of anilines is 1. The van der Waals surface area contributed by atoms with Gasteiger partial charge in [0.25, 0.3) is 11.8 Å². The number of benzene rings is 3. The summed E-state index contributed by atoms with van der Waals surface area (Å²) in [5.41, 5.74) is 4.43. The number of methoxy groups -OCH3 is 1. The third-order valence-electron chi connectivity index (χ3n) is 5.92. The number of likely N-dealkylation sites (N-methyl/N-ethyl adjacent to an activating group) is 1. The topological polar surface area (TPSA) is 59.1 Å². The molecular formula is C28H28N2O4. The number of hydrogen-bond acceptors (Lipinski definition) is 5. The molecule has 0 fully saturated rings. The first-order valence-corrected chi connectivity index (χ1v) is 11.1. The number of nitrogens with zero attached hydrogens (tertiary/aromatic N) is 2. The van der Waals surface area contributed by atoms with Crippen LogP contribution < -0.4 is 14.4 Å². The SMILES string of the molecule is COc1ccc(OCCN2C(=O)C(c3ccc(C)cc3C)=C(N(C)c3ccccc3)C2=O)cc1. The van der Waals surface area contributed by atoms with Gasteiger partial charge >= 0.3 is 0 Å². The molecule has 0 saturated heterocycles. The summed E-state index contributed by atoms with van der Waals surface area (Å²) in [5.74, 6) is 0.731. The maximum Gasteiger partial charge on any atom is 0.278 e. The van der Waals surface area contributed by atoms with Crippen LogP contribution in [0.2, 0.25) is 0 Å². The van der Waals surface area contributed by atoms with E-state index in [0.717, 1.165) is 28.1 Å². The molecule has 6 heteroatoms. The number of carbonyl (C=O) groups excluding carboxylic acids is 2. The van der Waals surface area contributed by atoms with E-state index in [9.17, 15) is 9.59 Å². The molecule has 2 amide bonds. The van der Waals surface area contributed by atoms with Crippen molar-refractivity contribution in [3.8, 4) is 11.5 Å². The van der Waals surface area contributed by atoms with Crippen molar-refractivity contribution >= 4 is 23.1 Å². The van der Waals surface area contributed by atoms with Gasteiger partial charge in [-0.15, -0.1) is 0 Å². The normalized spacial score (nSPS) is 13.5. The maximum atomic E-state index is 13.6. The zero-order valence-corrected chi connectivity index (χ0v) is 19.9. The van der Waals surface area contributed by atoms with Gasteiger partial charge in [-0.2, -0.15) is 0 Å². The summed E-state index contributed by atoms with van der Waals surface area (Å²) < 4.78 is 11.0. The average molecular weight is 457 g/mol. The summed E-state index contributed by atoms with van der Waals surface area (Å²) in [7, 11) is 3.42. The van der Waals surface area contributed by atoms with Gasteiger partial charge in [-0.3, -0.25) is 14.5 Å². The lowest BCUT2D eigenvalue weighted by Gasteiger charge is -2.21. The van der Waals surface area contributed by atoms with Gasteiger partial charge in [-0.25, -0.2) is 0 Å². The highest BCUT2D eigenvalue weighted by molar-refractivity contribution is 6.37. The molecule has 174 valence electrons. The lowest BCUT2D eigenvalue weighted by atomic mass is 9.97. The van der Waals surface area contributed by atoms with Crippen LogP contribution in [0.25, 0.3) is 5.57 Å². The fourth-order valence-corrected chi connectivity index (χ4v) is 4.12. The van der Waals surface area contributed by atoms with Gasteiger partial charge in [0, 0.05) is 12.7 Å².